The van der Waals surface area contributed by atoms with Crippen molar-refractivity contribution in [3.63, 3.8) is 0 Å². The van der Waals surface area contributed by atoms with Crippen molar-refractivity contribution in [3.05, 3.63) is 269 Å². The van der Waals surface area contributed by atoms with E-state index < -0.39 is 5.41 Å². The summed E-state index contributed by atoms with van der Waals surface area (Å²) in [6.07, 6.45) is 0. The molecule has 0 amide bonds. The SMILES string of the molecule is Cc1cc(-c2ccc(-c3ccccc3)c3c2-c2ccc(N(c4ccc5c(c4)C(C)(C)c4ccccc4-5)c4ccc(-c5ccccc5)cc4C)cc2C3(C)c2ccccc2)ccc1-c1ccccc1. The van der Waals surface area contributed by atoms with Crippen LogP contribution in [-0.2, 0) is 10.8 Å². The van der Waals surface area contributed by atoms with Crippen LogP contribution in [0.2, 0.25) is 0 Å². The molecule has 0 saturated heterocycles. The predicted octanol–water partition coefficient (Wildman–Crippen LogP) is 18.1. The van der Waals surface area contributed by atoms with E-state index in [1.54, 1.807) is 0 Å². The van der Waals surface area contributed by atoms with Gasteiger partial charge in [-0.3, -0.25) is 0 Å². The lowest BCUT2D eigenvalue weighted by molar-refractivity contribution is 0.660. The highest BCUT2D eigenvalue weighted by Crippen LogP contribution is 2.60. The fourth-order valence-electron chi connectivity index (χ4n) is 11.8. The highest BCUT2D eigenvalue weighted by atomic mass is 15.1. The summed E-state index contributed by atoms with van der Waals surface area (Å²) in [5.41, 5.74) is 27.0. The van der Waals surface area contributed by atoms with Gasteiger partial charge in [-0.25, -0.2) is 0 Å². The Labute approximate surface area is 401 Å². The molecule has 0 N–H and O–H groups in total. The Morgan fingerprint density at radius 1 is 0.324 bits per heavy atom. The van der Waals surface area contributed by atoms with Crippen molar-refractivity contribution in [2.75, 3.05) is 4.90 Å². The summed E-state index contributed by atoms with van der Waals surface area (Å²) in [4.78, 5) is 2.52. The van der Waals surface area contributed by atoms with Gasteiger partial charge in [-0.1, -0.05) is 208 Å². The van der Waals surface area contributed by atoms with Crippen molar-refractivity contribution in [1.82, 2.24) is 0 Å². The van der Waals surface area contributed by atoms with Crippen molar-refractivity contribution in [3.8, 4) is 66.8 Å². The van der Waals surface area contributed by atoms with Crippen molar-refractivity contribution in [2.24, 2.45) is 0 Å². The van der Waals surface area contributed by atoms with Gasteiger partial charge in [0.15, 0.2) is 0 Å². The highest BCUT2D eigenvalue weighted by molar-refractivity contribution is 6.00. The molecule has 0 radical (unpaired) electrons. The van der Waals surface area contributed by atoms with E-state index in [1.807, 2.05) is 0 Å². The maximum atomic E-state index is 2.52. The third-order valence-electron chi connectivity index (χ3n) is 15.2. The quantitative estimate of drug-likeness (QED) is 0.147. The van der Waals surface area contributed by atoms with E-state index in [2.05, 4.69) is 270 Å². The molecule has 0 fully saturated rings. The van der Waals surface area contributed by atoms with Gasteiger partial charge in [-0.15, -0.1) is 0 Å². The van der Waals surface area contributed by atoms with Crippen LogP contribution in [0.25, 0.3) is 66.8 Å². The first kappa shape index (κ1) is 41.4. The zero-order valence-corrected chi connectivity index (χ0v) is 39.4. The lowest BCUT2D eigenvalue weighted by atomic mass is 9.71. The van der Waals surface area contributed by atoms with Gasteiger partial charge in [0.25, 0.3) is 0 Å². The largest absolute Gasteiger partial charge is 0.310 e. The zero-order chi connectivity index (χ0) is 46.1. The summed E-state index contributed by atoms with van der Waals surface area (Å²) in [6, 6.07) is 85.9. The van der Waals surface area contributed by atoms with Crippen LogP contribution in [-0.4, -0.2) is 0 Å². The molecular formula is C67H53N. The van der Waals surface area contributed by atoms with Crippen molar-refractivity contribution in [1.29, 1.82) is 0 Å². The van der Waals surface area contributed by atoms with Crippen LogP contribution in [0, 0.1) is 13.8 Å². The number of fused-ring (bicyclic) bond motifs is 6. The van der Waals surface area contributed by atoms with Crippen molar-refractivity contribution < 1.29 is 0 Å². The molecule has 1 atom stereocenters. The number of hydrogen-bond donors (Lipinski definition) is 0. The monoisotopic (exact) mass is 871 g/mol. The maximum Gasteiger partial charge on any atom is 0.0491 e. The van der Waals surface area contributed by atoms with Crippen LogP contribution < -0.4 is 4.90 Å². The summed E-state index contributed by atoms with van der Waals surface area (Å²) < 4.78 is 0. The van der Waals surface area contributed by atoms with Crippen LogP contribution >= 0.6 is 0 Å². The molecule has 2 aliphatic rings. The van der Waals surface area contributed by atoms with Crippen LogP contribution in [0.15, 0.2) is 231 Å². The van der Waals surface area contributed by atoms with Gasteiger partial charge >= 0.3 is 0 Å². The minimum Gasteiger partial charge on any atom is -0.310 e. The second-order valence-corrected chi connectivity index (χ2v) is 19.5. The van der Waals surface area contributed by atoms with Gasteiger partial charge in [0.05, 0.1) is 0 Å². The van der Waals surface area contributed by atoms with Gasteiger partial charge in [0, 0.05) is 27.9 Å². The first-order valence-corrected chi connectivity index (χ1v) is 24.0. The summed E-state index contributed by atoms with van der Waals surface area (Å²) in [7, 11) is 0. The van der Waals surface area contributed by atoms with Crippen molar-refractivity contribution >= 4 is 17.1 Å². The lowest BCUT2D eigenvalue weighted by Crippen LogP contribution is -2.24. The smallest absolute Gasteiger partial charge is 0.0491 e. The Hall–Kier alpha value is -8.00. The topological polar surface area (TPSA) is 3.24 Å². The molecule has 0 bridgehead atoms. The molecule has 0 aromatic heterocycles. The number of hydrogen-bond acceptors (Lipinski definition) is 1. The second-order valence-electron chi connectivity index (χ2n) is 19.5. The number of aryl methyl sites for hydroxylation is 2. The molecule has 0 saturated carbocycles. The summed E-state index contributed by atoms with van der Waals surface area (Å²) >= 11 is 0. The normalized spacial score (nSPS) is 15.0. The molecule has 326 valence electrons. The van der Waals surface area contributed by atoms with E-state index in [-0.39, 0.29) is 5.41 Å². The minimum atomic E-state index is -0.498. The van der Waals surface area contributed by atoms with E-state index in [0.29, 0.717) is 0 Å². The number of anilines is 3. The molecule has 12 rings (SSSR count). The van der Waals surface area contributed by atoms with Crippen molar-refractivity contribution in [2.45, 2.75) is 45.4 Å². The molecular weight excluding hydrogens is 819 g/mol. The average molecular weight is 872 g/mol. The van der Waals surface area contributed by atoms with Gasteiger partial charge in [-0.2, -0.15) is 0 Å². The molecule has 0 spiro atoms. The van der Waals surface area contributed by atoms with Gasteiger partial charge in [0.2, 0.25) is 0 Å². The Bertz CT molecular complexity index is 3550. The Kier molecular flexibility index (Phi) is 9.82. The molecule has 2 aliphatic carbocycles. The third kappa shape index (κ3) is 6.52. The van der Waals surface area contributed by atoms with Crippen LogP contribution in [0.5, 0.6) is 0 Å². The summed E-state index contributed by atoms with van der Waals surface area (Å²) in [5.74, 6) is 0. The lowest BCUT2D eigenvalue weighted by Gasteiger charge is -2.33. The second kappa shape index (κ2) is 16.1. The number of benzene rings is 10. The fraction of sp³-hybridized carbons (Fsp3) is 0.104. The van der Waals surface area contributed by atoms with Gasteiger partial charge in [-0.05, 0) is 163 Å². The molecule has 1 nitrogen and oxygen atoms in total. The van der Waals surface area contributed by atoms with Crippen LogP contribution in [0.1, 0.15) is 59.7 Å². The van der Waals surface area contributed by atoms with Gasteiger partial charge < -0.3 is 4.90 Å². The van der Waals surface area contributed by atoms with Gasteiger partial charge in [0.1, 0.15) is 0 Å². The third-order valence-corrected chi connectivity index (χ3v) is 15.2. The Morgan fingerprint density at radius 2 is 0.824 bits per heavy atom. The van der Waals surface area contributed by atoms with E-state index in [9.17, 15) is 0 Å². The Balaban J connectivity index is 1.10. The maximum absolute atomic E-state index is 2.52. The van der Waals surface area contributed by atoms with E-state index in [1.165, 1.54) is 106 Å². The first-order valence-electron chi connectivity index (χ1n) is 24.0. The van der Waals surface area contributed by atoms with E-state index in [4.69, 9.17) is 0 Å². The number of nitrogens with zero attached hydrogens (tertiary/aromatic N) is 1. The predicted molar refractivity (Wildman–Crippen MR) is 287 cm³/mol. The highest BCUT2D eigenvalue weighted by Gasteiger charge is 2.45. The summed E-state index contributed by atoms with van der Waals surface area (Å²) in [6.45, 7) is 11.7. The van der Waals surface area contributed by atoms with E-state index in [0.717, 1.165) is 17.1 Å². The zero-order valence-electron chi connectivity index (χ0n) is 39.4. The molecule has 10 aromatic carbocycles. The minimum absolute atomic E-state index is 0.146. The molecule has 1 unspecified atom stereocenters. The van der Waals surface area contributed by atoms with E-state index >= 15 is 0 Å². The standard InChI is InChI=1S/C67H53N/c1-44-40-50(30-34-54(44)47-22-12-7-13-23-47)55-37-38-56(48-24-14-8-15-25-48)65-64(55)59-36-33-53(43-62(59)67(65,5)51-26-16-9-17-27-51)68(63-39-31-49(41-45(63)2)46-20-10-6-11-21-46)52-32-35-58-57-28-18-19-29-60(57)66(3,4)61(58)42-52/h6-43H,1-5H3. The van der Waals surface area contributed by atoms with Crippen LogP contribution in [0.3, 0.4) is 0 Å². The average Bonchev–Trinajstić information content (AvgIpc) is 3.79. The molecule has 68 heavy (non-hydrogen) atoms. The molecule has 0 heterocycles. The first-order chi connectivity index (χ1) is 33.2. The molecule has 10 aromatic rings. The Morgan fingerprint density at radius 3 is 1.49 bits per heavy atom. The summed E-state index contributed by atoms with van der Waals surface area (Å²) in [5, 5.41) is 0. The van der Waals surface area contributed by atoms with Crippen LogP contribution in [0.4, 0.5) is 17.1 Å². The molecule has 0 aliphatic heterocycles. The molecule has 1 heteroatoms. The number of rotatable bonds is 8. The fourth-order valence-corrected chi connectivity index (χ4v) is 11.8.